The number of benzene rings is 1. The first-order valence-corrected chi connectivity index (χ1v) is 10.6. The van der Waals surface area contributed by atoms with Crippen molar-refractivity contribution in [3.63, 3.8) is 0 Å². The van der Waals surface area contributed by atoms with Crippen molar-refractivity contribution in [2.45, 2.75) is 38.3 Å². The molecular formula is C22H29IN6O2. The Kier molecular flexibility index (Phi) is 8.44. The molecule has 0 spiro atoms. The molecule has 2 aliphatic rings. The predicted molar refractivity (Wildman–Crippen MR) is 133 cm³/mol. The van der Waals surface area contributed by atoms with E-state index in [0.29, 0.717) is 12.6 Å². The van der Waals surface area contributed by atoms with E-state index < -0.39 is 0 Å². The zero-order valence-corrected chi connectivity index (χ0v) is 19.9. The zero-order valence-electron chi connectivity index (χ0n) is 17.5. The van der Waals surface area contributed by atoms with E-state index in [2.05, 4.69) is 26.2 Å². The fourth-order valence-electron chi connectivity index (χ4n) is 4.07. The normalized spacial score (nSPS) is 17.4. The van der Waals surface area contributed by atoms with Crippen LogP contribution in [0.3, 0.4) is 0 Å². The number of halogens is 1. The molecule has 0 bridgehead atoms. The summed E-state index contributed by atoms with van der Waals surface area (Å²) in [7, 11) is 0. The highest BCUT2D eigenvalue weighted by molar-refractivity contribution is 14.0. The summed E-state index contributed by atoms with van der Waals surface area (Å²) in [6.07, 6.45) is 6.73. The highest BCUT2D eigenvalue weighted by atomic mass is 127. The van der Waals surface area contributed by atoms with Gasteiger partial charge < -0.3 is 15.1 Å². The Morgan fingerprint density at radius 1 is 1.10 bits per heavy atom. The van der Waals surface area contributed by atoms with Gasteiger partial charge in [-0.2, -0.15) is 0 Å². The van der Waals surface area contributed by atoms with E-state index in [1.54, 1.807) is 24.3 Å². The van der Waals surface area contributed by atoms with Crippen LogP contribution in [0.4, 0.5) is 11.5 Å². The highest BCUT2D eigenvalue weighted by Gasteiger charge is 2.23. The molecule has 4 rings (SSSR count). The Morgan fingerprint density at radius 2 is 1.81 bits per heavy atom. The van der Waals surface area contributed by atoms with Crippen LogP contribution in [0.25, 0.3) is 0 Å². The van der Waals surface area contributed by atoms with Gasteiger partial charge in [0.1, 0.15) is 5.82 Å². The van der Waals surface area contributed by atoms with Gasteiger partial charge in [0.2, 0.25) is 0 Å². The van der Waals surface area contributed by atoms with E-state index in [-0.39, 0.29) is 34.6 Å². The minimum Gasteiger partial charge on any atom is -0.353 e. The Labute approximate surface area is 199 Å². The van der Waals surface area contributed by atoms with Crippen molar-refractivity contribution >= 4 is 41.4 Å². The summed E-state index contributed by atoms with van der Waals surface area (Å²) in [6, 6.07) is 13.1. The number of aliphatic imine (C=N–C) groups is 1. The summed E-state index contributed by atoms with van der Waals surface area (Å²) in [5.41, 5.74) is 1.08. The first-order valence-electron chi connectivity index (χ1n) is 10.6. The Morgan fingerprint density at radius 3 is 2.42 bits per heavy atom. The standard InChI is InChI=1S/C22H28N6O2.HI/c29-28(30)20-10-8-18(9-11-20)17-24-22(25-19-5-1-2-6-19)27-15-13-26(14-16-27)21-7-3-4-12-23-21;/h3-4,7-12,19H,1-2,5-6,13-17H2,(H,24,25);1H. The fourth-order valence-corrected chi connectivity index (χ4v) is 4.07. The van der Waals surface area contributed by atoms with Gasteiger partial charge in [0, 0.05) is 50.6 Å². The molecule has 1 saturated carbocycles. The third-order valence-electron chi connectivity index (χ3n) is 5.80. The maximum absolute atomic E-state index is 10.9. The van der Waals surface area contributed by atoms with Crippen molar-refractivity contribution < 1.29 is 4.92 Å². The third-order valence-corrected chi connectivity index (χ3v) is 5.80. The van der Waals surface area contributed by atoms with Gasteiger partial charge in [-0.3, -0.25) is 10.1 Å². The molecule has 9 heteroatoms. The summed E-state index contributed by atoms with van der Waals surface area (Å²) < 4.78 is 0. The second-order valence-electron chi connectivity index (χ2n) is 7.85. The summed E-state index contributed by atoms with van der Waals surface area (Å²) in [6.45, 7) is 4.08. The number of nitro benzene ring substituents is 1. The average molecular weight is 536 g/mol. The van der Waals surface area contributed by atoms with Crippen molar-refractivity contribution in [1.29, 1.82) is 0 Å². The summed E-state index contributed by atoms with van der Waals surface area (Å²) in [4.78, 5) is 24.5. The molecular weight excluding hydrogens is 507 g/mol. The van der Waals surface area contributed by atoms with Gasteiger partial charge in [0.05, 0.1) is 11.5 Å². The number of nitrogens with zero attached hydrogens (tertiary/aromatic N) is 5. The summed E-state index contributed by atoms with van der Waals surface area (Å²) in [5.74, 6) is 1.96. The molecule has 8 nitrogen and oxygen atoms in total. The summed E-state index contributed by atoms with van der Waals surface area (Å²) in [5, 5.41) is 14.5. The average Bonchev–Trinajstić information content (AvgIpc) is 3.31. The van der Waals surface area contributed by atoms with Crippen molar-refractivity contribution in [2.75, 3.05) is 31.1 Å². The maximum Gasteiger partial charge on any atom is 0.269 e. The van der Waals surface area contributed by atoms with E-state index in [0.717, 1.165) is 43.5 Å². The van der Waals surface area contributed by atoms with Crippen LogP contribution in [-0.2, 0) is 6.54 Å². The van der Waals surface area contributed by atoms with Gasteiger partial charge in [-0.1, -0.05) is 31.0 Å². The van der Waals surface area contributed by atoms with Crippen LogP contribution in [0.15, 0.2) is 53.7 Å². The van der Waals surface area contributed by atoms with Crippen LogP contribution in [-0.4, -0.2) is 53.0 Å². The number of nitro groups is 1. The quantitative estimate of drug-likeness (QED) is 0.206. The lowest BCUT2D eigenvalue weighted by Gasteiger charge is -2.37. The van der Waals surface area contributed by atoms with E-state index in [1.807, 2.05) is 18.3 Å². The number of aromatic nitrogens is 1. The largest absolute Gasteiger partial charge is 0.353 e. The first-order chi connectivity index (χ1) is 14.7. The van der Waals surface area contributed by atoms with E-state index in [9.17, 15) is 10.1 Å². The molecule has 1 aromatic carbocycles. The molecule has 0 amide bonds. The molecule has 2 aromatic rings. The van der Waals surface area contributed by atoms with Gasteiger partial charge in [-0.05, 0) is 30.5 Å². The van der Waals surface area contributed by atoms with Crippen LogP contribution >= 0.6 is 24.0 Å². The number of guanidine groups is 1. The molecule has 2 heterocycles. The van der Waals surface area contributed by atoms with Crippen molar-refractivity contribution in [2.24, 2.45) is 4.99 Å². The Balaban J connectivity index is 0.00000272. The molecule has 1 aliphatic heterocycles. The molecule has 0 unspecified atom stereocenters. The maximum atomic E-state index is 10.9. The third kappa shape index (κ3) is 6.28. The van der Waals surface area contributed by atoms with E-state index in [1.165, 1.54) is 25.7 Å². The monoisotopic (exact) mass is 536 g/mol. The molecule has 1 aliphatic carbocycles. The van der Waals surface area contributed by atoms with Crippen LogP contribution in [0.2, 0.25) is 0 Å². The van der Waals surface area contributed by atoms with Crippen molar-refractivity contribution in [3.05, 3.63) is 64.3 Å². The topological polar surface area (TPSA) is 86.9 Å². The number of nitrogens with one attached hydrogen (secondary N) is 1. The van der Waals surface area contributed by atoms with Gasteiger partial charge in [-0.25, -0.2) is 9.98 Å². The number of rotatable bonds is 5. The first kappa shape index (κ1) is 23.2. The molecule has 1 aromatic heterocycles. The smallest absolute Gasteiger partial charge is 0.269 e. The molecule has 166 valence electrons. The minimum absolute atomic E-state index is 0. The Bertz CT molecular complexity index is 863. The van der Waals surface area contributed by atoms with E-state index in [4.69, 9.17) is 4.99 Å². The van der Waals surface area contributed by atoms with Crippen molar-refractivity contribution in [3.8, 4) is 0 Å². The van der Waals surface area contributed by atoms with Crippen molar-refractivity contribution in [1.82, 2.24) is 15.2 Å². The highest BCUT2D eigenvalue weighted by Crippen LogP contribution is 2.19. The number of pyridine rings is 1. The minimum atomic E-state index is -0.374. The lowest BCUT2D eigenvalue weighted by atomic mass is 10.2. The number of hydrogen-bond donors (Lipinski definition) is 1. The van der Waals surface area contributed by atoms with Gasteiger partial charge in [0.15, 0.2) is 5.96 Å². The second-order valence-corrected chi connectivity index (χ2v) is 7.85. The predicted octanol–water partition coefficient (Wildman–Crippen LogP) is 3.82. The zero-order chi connectivity index (χ0) is 20.8. The van der Waals surface area contributed by atoms with Gasteiger partial charge in [-0.15, -0.1) is 24.0 Å². The second kappa shape index (κ2) is 11.3. The molecule has 31 heavy (non-hydrogen) atoms. The van der Waals surface area contributed by atoms with Crippen LogP contribution in [0, 0.1) is 10.1 Å². The molecule has 2 fully saturated rings. The number of piperazine rings is 1. The lowest BCUT2D eigenvalue weighted by molar-refractivity contribution is -0.384. The number of hydrogen-bond acceptors (Lipinski definition) is 5. The Hall–Kier alpha value is -2.43. The molecule has 1 saturated heterocycles. The van der Waals surface area contributed by atoms with Crippen LogP contribution < -0.4 is 10.2 Å². The van der Waals surface area contributed by atoms with Crippen LogP contribution in [0.1, 0.15) is 31.2 Å². The number of non-ortho nitro benzene ring substituents is 1. The SMILES string of the molecule is I.O=[N+]([O-])c1ccc(CN=C(NC2CCCC2)N2CCN(c3ccccn3)CC2)cc1. The summed E-state index contributed by atoms with van der Waals surface area (Å²) >= 11 is 0. The molecule has 0 atom stereocenters. The van der Waals surface area contributed by atoms with Gasteiger partial charge in [0.25, 0.3) is 5.69 Å². The van der Waals surface area contributed by atoms with Gasteiger partial charge >= 0.3 is 0 Å². The molecule has 0 radical (unpaired) electrons. The molecule has 1 N–H and O–H groups in total. The fraction of sp³-hybridized carbons (Fsp3) is 0.455. The van der Waals surface area contributed by atoms with E-state index >= 15 is 0 Å². The number of anilines is 1. The van der Waals surface area contributed by atoms with Crippen LogP contribution in [0.5, 0.6) is 0 Å². The lowest BCUT2D eigenvalue weighted by Crippen LogP contribution is -2.54.